The summed E-state index contributed by atoms with van der Waals surface area (Å²) in [6, 6.07) is 9.97. The summed E-state index contributed by atoms with van der Waals surface area (Å²) in [7, 11) is 0. The molecule has 1 aromatic rings. The third-order valence-electron chi connectivity index (χ3n) is 4.08. The summed E-state index contributed by atoms with van der Waals surface area (Å²) in [6.07, 6.45) is 5.20. The second-order valence-corrected chi connectivity index (χ2v) is 6.04. The van der Waals surface area contributed by atoms with Gasteiger partial charge in [0.1, 0.15) is 0 Å². The number of benzene rings is 1. The van der Waals surface area contributed by atoms with E-state index in [9.17, 15) is 14.7 Å². The van der Waals surface area contributed by atoms with Crippen molar-refractivity contribution < 1.29 is 14.7 Å². The van der Waals surface area contributed by atoms with E-state index in [-0.39, 0.29) is 18.2 Å². The van der Waals surface area contributed by atoms with Crippen molar-refractivity contribution in [3.8, 4) is 0 Å². The molecule has 1 aromatic carbocycles. The van der Waals surface area contributed by atoms with Gasteiger partial charge in [-0.3, -0.25) is 20.4 Å². The van der Waals surface area contributed by atoms with Gasteiger partial charge in [0.15, 0.2) is 0 Å². The van der Waals surface area contributed by atoms with Crippen LogP contribution in [-0.2, 0) is 16.0 Å². The van der Waals surface area contributed by atoms with Gasteiger partial charge in [-0.15, -0.1) is 0 Å². The van der Waals surface area contributed by atoms with E-state index in [1.54, 1.807) is 0 Å². The van der Waals surface area contributed by atoms with E-state index >= 15 is 0 Å². The van der Waals surface area contributed by atoms with Crippen molar-refractivity contribution in [3.05, 3.63) is 35.9 Å². The highest BCUT2D eigenvalue weighted by atomic mass is 16.3. The molecule has 0 bridgehead atoms. The van der Waals surface area contributed by atoms with Gasteiger partial charge in [-0.2, -0.15) is 0 Å². The number of carbonyl (C=O) groups excluding carboxylic acids is 2. The highest BCUT2D eigenvalue weighted by Gasteiger charge is 2.33. The normalized spacial score (nSPS) is 16.2. The Morgan fingerprint density at radius 2 is 1.68 bits per heavy atom. The number of hydrogen-bond acceptors (Lipinski definition) is 3. The number of aliphatic hydroxyl groups is 1. The molecule has 22 heavy (non-hydrogen) atoms. The molecule has 0 radical (unpaired) electrons. The lowest BCUT2D eigenvalue weighted by molar-refractivity contribution is -0.131. The molecule has 120 valence electrons. The first-order valence-corrected chi connectivity index (χ1v) is 7.91. The lowest BCUT2D eigenvalue weighted by Gasteiger charge is -2.21. The van der Waals surface area contributed by atoms with Gasteiger partial charge < -0.3 is 5.11 Å². The van der Waals surface area contributed by atoms with Crippen LogP contribution in [0.1, 0.15) is 50.5 Å². The average Bonchev–Trinajstić information content (AvgIpc) is 2.92. The zero-order valence-corrected chi connectivity index (χ0v) is 12.8. The second-order valence-electron chi connectivity index (χ2n) is 6.04. The van der Waals surface area contributed by atoms with Crippen molar-refractivity contribution in [2.24, 2.45) is 0 Å². The van der Waals surface area contributed by atoms with Crippen LogP contribution < -0.4 is 10.9 Å². The second kappa shape index (κ2) is 7.94. The molecule has 0 aliphatic heterocycles. The van der Waals surface area contributed by atoms with E-state index in [4.69, 9.17) is 0 Å². The molecule has 2 amide bonds. The summed E-state index contributed by atoms with van der Waals surface area (Å²) in [5, 5.41) is 10.1. The van der Waals surface area contributed by atoms with Crippen LogP contribution in [0.25, 0.3) is 0 Å². The SMILES string of the molecule is O=C(CCCc1ccccc1)NNC(=O)CC1(O)CCCC1. The van der Waals surface area contributed by atoms with Crippen LogP contribution in [0.15, 0.2) is 30.3 Å². The highest BCUT2D eigenvalue weighted by molar-refractivity contribution is 5.82. The third kappa shape index (κ3) is 5.48. The van der Waals surface area contributed by atoms with E-state index in [0.29, 0.717) is 19.3 Å². The van der Waals surface area contributed by atoms with Gasteiger partial charge in [0.2, 0.25) is 11.8 Å². The monoisotopic (exact) mass is 304 g/mol. The first-order valence-electron chi connectivity index (χ1n) is 7.91. The predicted octanol–water partition coefficient (Wildman–Crippen LogP) is 1.85. The van der Waals surface area contributed by atoms with Crippen molar-refractivity contribution in [1.29, 1.82) is 0 Å². The Hall–Kier alpha value is -1.88. The van der Waals surface area contributed by atoms with Gasteiger partial charge in [0.05, 0.1) is 12.0 Å². The van der Waals surface area contributed by atoms with E-state index in [0.717, 1.165) is 25.7 Å². The minimum atomic E-state index is -0.887. The first-order chi connectivity index (χ1) is 10.6. The fourth-order valence-corrected chi connectivity index (χ4v) is 2.85. The minimum absolute atomic E-state index is 0.0529. The Kier molecular flexibility index (Phi) is 5.95. The molecular weight excluding hydrogens is 280 g/mol. The van der Waals surface area contributed by atoms with Gasteiger partial charge in [-0.1, -0.05) is 43.2 Å². The maximum atomic E-state index is 11.7. The van der Waals surface area contributed by atoms with Crippen LogP contribution in [0.3, 0.4) is 0 Å². The maximum Gasteiger partial charge on any atom is 0.241 e. The minimum Gasteiger partial charge on any atom is -0.389 e. The number of nitrogens with one attached hydrogen (secondary N) is 2. The molecule has 0 aromatic heterocycles. The largest absolute Gasteiger partial charge is 0.389 e. The van der Waals surface area contributed by atoms with Crippen molar-refractivity contribution in [2.45, 2.75) is 57.0 Å². The third-order valence-corrected chi connectivity index (χ3v) is 4.08. The quantitative estimate of drug-likeness (QED) is 0.702. The van der Waals surface area contributed by atoms with Crippen LogP contribution in [0, 0.1) is 0 Å². The molecule has 5 nitrogen and oxygen atoms in total. The first kappa shape index (κ1) is 16.5. The van der Waals surface area contributed by atoms with E-state index in [1.807, 2.05) is 30.3 Å². The number of amides is 2. The molecule has 2 rings (SSSR count). The fraction of sp³-hybridized carbons (Fsp3) is 0.529. The number of hydrogen-bond donors (Lipinski definition) is 3. The summed E-state index contributed by atoms with van der Waals surface area (Å²) in [5.74, 6) is -0.538. The van der Waals surface area contributed by atoms with Gasteiger partial charge in [0, 0.05) is 6.42 Å². The van der Waals surface area contributed by atoms with E-state index in [2.05, 4.69) is 10.9 Å². The molecule has 1 fully saturated rings. The molecule has 0 spiro atoms. The molecule has 1 aliphatic carbocycles. The Morgan fingerprint density at radius 3 is 2.36 bits per heavy atom. The van der Waals surface area contributed by atoms with Crippen LogP contribution in [0.2, 0.25) is 0 Å². The van der Waals surface area contributed by atoms with Crippen LogP contribution >= 0.6 is 0 Å². The van der Waals surface area contributed by atoms with Crippen molar-refractivity contribution >= 4 is 11.8 Å². The zero-order valence-electron chi connectivity index (χ0n) is 12.8. The van der Waals surface area contributed by atoms with Gasteiger partial charge in [0.25, 0.3) is 0 Å². The van der Waals surface area contributed by atoms with E-state index < -0.39 is 5.60 Å². The van der Waals surface area contributed by atoms with Crippen molar-refractivity contribution in [3.63, 3.8) is 0 Å². The van der Waals surface area contributed by atoms with Crippen LogP contribution in [0.5, 0.6) is 0 Å². The summed E-state index contributed by atoms with van der Waals surface area (Å²) in [6.45, 7) is 0. The topological polar surface area (TPSA) is 78.4 Å². The van der Waals surface area contributed by atoms with Crippen molar-refractivity contribution in [1.82, 2.24) is 10.9 Å². The zero-order chi connectivity index (χ0) is 15.8. The summed E-state index contributed by atoms with van der Waals surface area (Å²) < 4.78 is 0. The smallest absolute Gasteiger partial charge is 0.241 e. The Morgan fingerprint density at radius 1 is 1.05 bits per heavy atom. The summed E-state index contributed by atoms with van der Waals surface area (Å²) in [5.41, 5.74) is 5.11. The lowest BCUT2D eigenvalue weighted by Crippen LogP contribution is -2.44. The number of hydrazine groups is 1. The van der Waals surface area contributed by atoms with Gasteiger partial charge >= 0.3 is 0 Å². The standard InChI is InChI=1S/C17H24N2O3/c20-15(10-6-9-14-7-2-1-3-8-14)18-19-16(21)13-17(22)11-4-5-12-17/h1-3,7-8,22H,4-6,9-13H2,(H,18,20)(H,19,21). The molecule has 0 heterocycles. The molecule has 0 saturated heterocycles. The molecule has 1 saturated carbocycles. The molecule has 0 atom stereocenters. The predicted molar refractivity (Wildman–Crippen MR) is 83.7 cm³/mol. The van der Waals surface area contributed by atoms with Crippen molar-refractivity contribution in [2.75, 3.05) is 0 Å². The van der Waals surface area contributed by atoms with Crippen LogP contribution in [0.4, 0.5) is 0 Å². The maximum absolute atomic E-state index is 11.7. The van der Waals surface area contributed by atoms with Crippen LogP contribution in [-0.4, -0.2) is 22.5 Å². The molecule has 5 heteroatoms. The Bertz CT molecular complexity index is 496. The highest BCUT2D eigenvalue weighted by Crippen LogP contribution is 2.31. The number of carbonyl (C=O) groups is 2. The number of aryl methyl sites for hydroxylation is 1. The molecule has 1 aliphatic rings. The summed E-state index contributed by atoms with van der Waals surface area (Å²) in [4.78, 5) is 23.4. The Labute approximate surface area is 131 Å². The van der Waals surface area contributed by atoms with Gasteiger partial charge in [-0.05, 0) is 31.2 Å². The Balaban J connectivity index is 1.60. The molecule has 0 unspecified atom stereocenters. The average molecular weight is 304 g/mol. The van der Waals surface area contributed by atoms with Gasteiger partial charge in [-0.25, -0.2) is 0 Å². The summed E-state index contributed by atoms with van der Waals surface area (Å²) >= 11 is 0. The van der Waals surface area contributed by atoms with E-state index in [1.165, 1.54) is 5.56 Å². The molecular formula is C17H24N2O3. The number of rotatable bonds is 6. The fourth-order valence-electron chi connectivity index (χ4n) is 2.85. The lowest BCUT2D eigenvalue weighted by atomic mass is 9.98. The molecule has 3 N–H and O–H groups in total.